The van der Waals surface area contributed by atoms with E-state index in [1.807, 2.05) is 0 Å². The van der Waals surface area contributed by atoms with Gasteiger partial charge in [0, 0.05) is 25.7 Å². The molecule has 0 radical (unpaired) electrons. The van der Waals surface area contributed by atoms with Crippen LogP contribution in [0.2, 0.25) is 0 Å². The maximum atomic E-state index is 13.3. The number of nitrogens with zero attached hydrogens (tertiary/aromatic N) is 1. The molecule has 0 aromatic heterocycles. The summed E-state index contributed by atoms with van der Waals surface area (Å²) in [5.41, 5.74) is 0. The minimum atomic E-state index is -3.82. The molecular weight excluding hydrogens is 385 g/mol. The van der Waals surface area contributed by atoms with E-state index in [9.17, 15) is 17.6 Å². The Bertz CT molecular complexity index is 728. The minimum absolute atomic E-state index is 0. The lowest BCUT2D eigenvalue weighted by Crippen LogP contribution is -2.57. The summed E-state index contributed by atoms with van der Waals surface area (Å²) in [5.74, 6) is -0.680. The molecule has 2 N–H and O–H groups in total. The Morgan fingerprint density at radius 1 is 1.38 bits per heavy atom. The number of likely N-dealkylation sites (tertiary alicyclic amines) is 1. The fraction of sp³-hybridized carbons (Fsp3) is 0.562. The Kier molecular flexibility index (Phi) is 7.36. The molecule has 10 heteroatoms. The topological polar surface area (TPSA) is 87.7 Å². The van der Waals surface area contributed by atoms with Gasteiger partial charge in [0.2, 0.25) is 15.9 Å². The number of piperidine rings is 1. The highest BCUT2D eigenvalue weighted by molar-refractivity contribution is 7.89. The van der Waals surface area contributed by atoms with Crippen LogP contribution in [-0.4, -0.2) is 64.2 Å². The van der Waals surface area contributed by atoms with E-state index < -0.39 is 21.9 Å². The number of morpholine rings is 1. The maximum Gasteiger partial charge on any atom is 0.242 e. The molecule has 2 unspecified atom stereocenters. The average Bonchev–Trinajstić information content (AvgIpc) is 2.62. The number of sulfonamides is 1. The molecule has 2 fully saturated rings. The molecule has 0 saturated carbocycles. The van der Waals surface area contributed by atoms with Crippen molar-refractivity contribution in [1.82, 2.24) is 14.9 Å². The Morgan fingerprint density at radius 3 is 2.88 bits per heavy atom. The van der Waals surface area contributed by atoms with Gasteiger partial charge in [-0.25, -0.2) is 17.5 Å². The third-order valence-corrected chi connectivity index (χ3v) is 5.90. The number of amides is 1. The fourth-order valence-corrected chi connectivity index (χ4v) is 4.43. The van der Waals surface area contributed by atoms with E-state index >= 15 is 0 Å². The highest BCUT2D eigenvalue weighted by Crippen LogP contribution is 2.16. The van der Waals surface area contributed by atoms with Gasteiger partial charge in [0.15, 0.2) is 0 Å². The van der Waals surface area contributed by atoms with Crippen LogP contribution in [0.1, 0.15) is 12.8 Å². The molecular formula is C16H23ClFN3O4S. The first-order valence-corrected chi connectivity index (χ1v) is 9.82. The predicted octanol–water partition coefficient (Wildman–Crippen LogP) is 0.505. The molecule has 2 atom stereocenters. The van der Waals surface area contributed by atoms with Crippen molar-refractivity contribution in [2.75, 3.05) is 32.8 Å². The number of benzene rings is 1. The van der Waals surface area contributed by atoms with Crippen molar-refractivity contribution in [3.05, 3.63) is 30.1 Å². The Hall–Kier alpha value is -1.26. The van der Waals surface area contributed by atoms with Crippen molar-refractivity contribution >= 4 is 28.3 Å². The first-order valence-electron chi connectivity index (χ1n) is 8.33. The lowest BCUT2D eigenvalue weighted by molar-refractivity contribution is -0.137. The van der Waals surface area contributed by atoms with Crippen molar-refractivity contribution in [1.29, 1.82) is 0 Å². The molecule has 2 aliphatic rings. The van der Waals surface area contributed by atoms with E-state index in [2.05, 4.69) is 10.0 Å². The van der Waals surface area contributed by atoms with Crippen molar-refractivity contribution in [3.63, 3.8) is 0 Å². The van der Waals surface area contributed by atoms with Gasteiger partial charge in [0.25, 0.3) is 0 Å². The molecule has 0 aliphatic carbocycles. The SMILES string of the molecule is Cl.O=C(C1COCCN1)N1CCCC(NS(=O)(=O)c2cccc(F)c2)C1. The van der Waals surface area contributed by atoms with E-state index in [1.54, 1.807) is 4.90 Å². The Balaban J connectivity index is 0.00000243. The number of carbonyl (C=O) groups is 1. The number of hydrogen-bond acceptors (Lipinski definition) is 5. The third kappa shape index (κ3) is 5.14. The molecule has 1 amide bonds. The zero-order chi connectivity index (χ0) is 17.9. The van der Waals surface area contributed by atoms with Gasteiger partial charge < -0.3 is 15.0 Å². The smallest absolute Gasteiger partial charge is 0.242 e. The Labute approximate surface area is 158 Å². The van der Waals surface area contributed by atoms with E-state index in [1.165, 1.54) is 18.2 Å². The summed E-state index contributed by atoms with van der Waals surface area (Å²) in [6, 6.07) is 4.11. The zero-order valence-corrected chi connectivity index (χ0v) is 15.8. The van der Waals surface area contributed by atoms with E-state index in [0.717, 1.165) is 6.07 Å². The van der Waals surface area contributed by atoms with Crippen LogP contribution in [0.25, 0.3) is 0 Å². The zero-order valence-electron chi connectivity index (χ0n) is 14.2. The number of halogens is 2. The molecule has 2 heterocycles. The summed E-state index contributed by atoms with van der Waals surface area (Å²) in [6.07, 6.45) is 1.34. The van der Waals surface area contributed by atoms with Crippen LogP contribution in [0, 0.1) is 5.82 Å². The maximum absolute atomic E-state index is 13.3. The Morgan fingerprint density at radius 2 is 2.19 bits per heavy atom. The summed E-state index contributed by atoms with van der Waals surface area (Å²) in [6.45, 7) is 2.43. The summed E-state index contributed by atoms with van der Waals surface area (Å²) >= 11 is 0. The standard InChI is InChI=1S/C16H22FN3O4S.ClH/c17-12-3-1-5-14(9-12)25(22,23)19-13-4-2-7-20(10-13)16(21)15-11-24-8-6-18-15;/h1,3,5,9,13,15,18-19H,2,4,6-8,10-11H2;1H. The second kappa shape index (κ2) is 9.09. The minimum Gasteiger partial charge on any atom is -0.378 e. The van der Waals surface area contributed by atoms with Crippen LogP contribution in [0.5, 0.6) is 0 Å². The molecule has 1 aromatic carbocycles. The van der Waals surface area contributed by atoms with E-state index in [0.29, 0.717) is 45.7 Å². The van der Waals surface area contributed by atoms with Gasteiger partial charge in [0.1, 0.15) is 11.9 Å². The summed E-state index contributed by atoms with van der Waals surface area (Å²) in [7, 11) is -3.82. The fourth-order valence-electron chi connectivity index (χ4n) is 3.14. The molecule has 3 rings (SSSR count). The summed E-state index contributed by atoms with van der Waals surface area (Å²) in [4.78, 5) is 14.1. The van der Waals surface area contributed by atoms with Gasteiger partial charge >= 0.3 is 0 Å². The largest absolute Gasteiger partial charge is 0.378 e. The van der Waals surface area contributed by atoms with E-state index in [-0.39, 0.29) is 29.3 Å². The van der Waals surface area contributed by atoms with Crippen LogP contribution in [0.3, 0.4) is 0 Å². The van der Waals surface area contributed by atoms with Crippen LogP contribution in [0.4, 0.5) is 4.39 Å². The van der Waals surface area contributed by atoms with Gasteiger partial charge in [-0.15, -0.1) is 12.4 Å². The second-order valence-electron chi connectivity index (χ2n) is 6.28. The average molecular weight is 408 g/mol. The molecule has 1 aromatic rings. The summed E-state index contributed by atoms with van der Waals surface area (Å²) < 4.78 is 46.0. The third-order valence-electron chi connectivity index (χ3n) is 4.38. The number of ether oxygens (including phenoxy) is 1. The van der Waals surface area contributed by atoms with Gasteiger partial charge in [0.05, 0.1) is 18.1 Å². The van der Waals surface area contributed by atoms with Crippen molar-refractivity contribution in [2.45, 2.75) is 29.8 Å². The predicted molar refractivity (Wildman–Crippen MR) is 96.2 cm³/mol. The van der Waals surface area contributed by atoms with Gasteiger partial charge in [-0.2, -0.15) is 0 Å². The highest BCUT2D eigenvalue weighted by Gasteiger charge is 2.31. The van der Waals surface area contributed by atoms with Gasteiger partial charge in [-0.05, 0) is 31.0 Å². The first-order chi connectivity index (χ1) is 12.0. The summed E-state index contributed by atoms with van der Waals surface area (Å²) in [5, 5.41) is 3.11. The molecule has 146 valence electrons. The van der Waals surface area contributed by atoms with Crippen LogP contribution < -0.4 is 10.0 Å². The lowest BCUT2D eigenvalue weighted by Gasteiger charge is -2.36. The van der Waals surface area contributed by atoms with Crippen molar-refractivity contribution in [3.8, 4) is 0 Å². The van der Waals surface area contributed by atoms with Crippen LogP contribution >= 0.6 is 12.4 Å². The number of carbonyl (C=O) groups excluding carboxylic acids is 1. The van der Waals surface area contributed by atoms with Crippen molar-refractivity contribution < 1.29 is 22.3 Å². The van der Waals surface area contributed by atoms with E-state index in [4.69, 9.17) is 4.74 Å². The molecule has 2 saturated heterocycles. The van der Waals surface area contributed by atoms with Crippen molar-refractivity contribution in [2.24, 2.45) is 0 Å². The lowest BCUT2D eigenvalue weighted by atomic mass is 10.1. The number of nitrogens with one attached hydrogen (secondary N) is 2. The molecule has 7 nitrogen and oxygen atoms in total. The van der Waals surface area contributed by atoms with Crippen LogP contribution in [0.15, 0.2) is 29.2 Å². The number of rotatable bonds is 4. The van der Waals surface area contributed by atoms with Gasteiger partial charge in [-0.3, -0.25) is 4.79 Å². The number of hydrogen-bond donors (Lipinski definition) is 2. The monoisotopic (exact) mass is 407 g/mol. The second-order valence-corrected chi connectivity index (χ2v) is 8.00. The molecule has 0 bridgehead atoms. The molecule has 2 aliphatic heterocycles. The molecule has 26 heavy (non-hydrogen) atoms. The normalized spacial score (nSPS) is 24.0. The quantitative estimate of drug-likeness (QED) is 0.759. The first kappa shape index (κ1) is 21.0. The highest BCUT2D eigenvalue weighted by atomic mass is 35.5. The molecule has 0 spiro atoms. The van der Waals surface area contributed by atoms with Crippen LogP contribution in [-0.2, 0) is 19.6 Å². The van der Waals surface area contributed by atoms with Gasteiger partial charge in [-0.1, -0.05) is 6.07 Å².